The molecule has 3 rings (SSSR count). The largest absolute Gasteiger partial charge is 0.494 e. The van der Waals surface area contributed by atoms with E-state index in [2.05, 4.69) is 77.1 Å². The molecule has 23 heavy (non-hydrogen) atoms. The van der Waals surface area contributed by atoms with Gasteiger partial charge in [0, 0.05) is 0 Å². The molecular formula is C20H25BO2. The van der Waals surface area contributed by atoms with E-state index in [1.807, 2.05) is 6.07 Å². The number of rotatable bonds is 3. The molecule has 1 fully saturated rings. The highest BCUT2D eigenvalue weighted by Gasteiger charge is 2.51. The average molecular weight is 308 g/mol. The Balaban J connectivity index is 1.95. The van der Waals surface area contributed by atoms with E-state index in [0.29, 0.717) is 0 Å². The van der Waals surface area contributed by atoms with E-state index < -0.39 is 0 Å². The van der Waals surface area contributed by atoms with E-state index in [1.54, 1.807) is 0 Å². The van der Waals surface area contributed by atoms with Gasteiger partial charge in [0.15, 0.2) is 0 Å². The highest BCUT2D eigenvalue weighted by Crippen LogP contribution is 2.36. The summed E-state index contributed by atoms with van der Waals surface area (Å²) in [5, 5.41) is 0. The zero-order valence-electron chi connectivity index (χ0n) is 14.7. The Morgan fingerprint density at radius 2 is 1.48 bits per heavy atom. The van der Waals surface area contributed by atoms with Gasteiger partial charge in [0.1, 0.15) is 0 Å². The summed E-state index contributed by atoms with van der Waals surface area (Å²) in [6.45, 7) is 10.5. The van der Waals surface area contributed by atoms with Crippen LogP contribution in [-0.4, -0.2) is 18.3 Å². The first-order valence-electron chi connectivity index (χ1n) is 8.38. The first-order chi connectivity index (χ1) is 10.8. The normalized spacial score (nSPS) is 19.1. The van der Waals surface area contributed by atoms with Gasteiger partial charge in [-0.3, -0.25) is 0 Å². The van der Waals surface area contributed by atoms with Crippen LogP contribution in [0.25, 0.3) is 11.1 Å². The molecule has 2 aromatic carbocycles. The van der Waals surface area contributed by atoms with Crippen LogP contribution < -0.4 is 5.46 Å². The molecular weight excluding hydrogens is 283 g/mol. The van der Waals surface area contributed by atoms with E-state index >= 15 is 0 Å². The van der Waals surface area contributed by atoms with Crippen molar-refractivity contribution in [3.05, 3.63) is 54.1 Å². The molecule has 2 aromatic rings. The zero-order chi connectivity index (χ0) is 16.7. The van der Waals surface area contributed by atoms with Gasteiger partial charge in [-0.05, 0) is 56.3 Å². The predicted octanol–water partition coefficient (Wildman–Crippen LogP) is 4.22. The van der Waals surface area contributed by atoms with Gasteiger partial charge in [-0.1, -0.05) is 55.5 Å². The quantitative estimate of drug-likeness (QED) is 0.791. The summed E-state index contributed by atoms with van der Waals surface area (Å²) in [7, 11) is -0.296. The molecule has 0 spiro atoms. The predicted molar refractivity (Wildman–Crippen MR) is 97.0 cm³/mol. The van der Waals surface area contributed by atoms with Crippen LogP contribution in [0.5, 0.6) is 0 Å². The minimum atomic E-state index is -0.303. The highest BCUT2D eigenvalue weighted by atomic mass is 16.7. The van der Waals surface area contributed by atoms with Crippen molar-refractivity contribution in [2.75, 3.05) is 0 Å². The van der Waals surface area contributed by atoms with Gasteiger partial charge in [-0.2, -0.15) is 0 Å². The molecule has 120 valence electrons. The molecule has 1 aliphatic heterocycles. The summed E-state index contributed by atoms with van der Waals surface area (Å²) in [5.41, 5.74) is 4.35. The van der Waals surface area contributed by atoms with E-state index in [4.69, 9.17) is 9.31 Å². The SMILES string of the molecule is CCc1cc(B2OC(C)(C)C(C)(C)O2)ccc1-c1ccccc1. The lowest BCUT2D eigenvalue weighted by Crippen LogP contribution is -2.41. The van der Waals surface area contributed by atoms with Crippen LogP contribution in [0.2, 0.25) is 0 Å². The maximum atomic E-state index is 6.17. The van der Waals surface area contributed by atoms with E-state index in [0.717, 1.165) is 11.9 Å². The van der Waals surface area contributed by atoms with E-state index in [1.165, 1.54) is 16.7 Å². The molecule has 3 heteroatoms. The van der Waals surface area contributed by atoms with Crippen LogP contribution in [0.3, 0.4) is 0 Å². The lowest BCUT2D eigenvalue weighted by molar-refractivity contribution is 0.00578. The van der Waals surface area contributed by atoms with Crippen LogP contribution in [0.15, 0.2) is 48.5 Å². The zero-order valence-corrected chi connectivity index (χ0v) is 14.7. The van der Waals surface area contributed by atoms with Crippen molar-refractivity contribution >= 4 is 12.6 Å². The van der Waals surface area contributed by atoms with Crippen molar-refractivity contribution in [2.24, 2.45) is 0 Å². The third kappa shape index (κ3) is 2.96. The number of hydrogen-bond acceptors (Lipinski definition) is 2. The summed E-state index contributed by atoms with van der Waals surface area (Å²) in [6.07, 6.45) is 0.984. The molecule has 0 radical (unpaired) electrons. The molecule has 1 heterocycles. The Hall–Kier alpha value is -1.58. The van der Waals surface area contributed by atoms with Gasteiger partial charge in [0.2, 0.25) is 0 Å². The van der Waals surface area contributed by atoms with Crippen LogP contribution in [0.1, 0.15) is 40.2 Å². The molecule has 0 saturated carbocycles. The fourth-order valence-corrected chi connectivity index (χ4v) is 2.93. The first kappa shape index (κ1) is 16.3. The van der Waals surface area contributed by atoms with Gasteiger partial charge < -0.3 is 9.31 Å². The fraction of sp³-hybridized carbons (Fsp3) is 0.400. The second-order valence-corrected chi connectivity index (χ2v) is 7.22. The maximum absolute atomic E-state index is 6.17. The molecule has 0 atom stereocenters. The van der Waals surface area contributed by atoms with E-state index in [-0.39, 0.29) is 18.3 Å². The molecule has 1 aliphatic rings. The van der Waals surface area contributed by atoms with Gasteiger partial charge in [-0.15, -0.1) is 0 Å². The van der Waals surface area contributed by atoms with Crippen molar-refractivity contribution in [3.63, 3.8) is 0 Å². The second-order valence-electron chi connectivity index (χ2n) is 7.22. The molecule has 2 nitrogen and oxygen atoms in total. The Labute approximate surface area is 140 Å². The molecule has 0 aromatic heterocycles. The van der Waals surface area contributed by atoms with Gasteiger partial charge in [-0.25, -0.2) is 0 Å². The van der Waals surface area contributed by atoms with Gasteiger partial charge in [0.05, 0.1) is 11.2 Å². The van der Waals surface area contributed by atoms with Crippen molar-refractivity contribution in [1.29, 1.82) is 0 Å². The third-order valence-electron chi connectivity index (χ3n) is 5.12. The fourth-order valence-electron chi connectivity index (χ4n) is 2.93. The summed E-state index contributed by atoms with van der Waals surface area (Å²) in [6, 6.07) is 17.1. The molecule has 0 unspecified atom stereocenters. The maximum Gasteiger partial charge on any atom is 0.494 e. The Morgan fingerprint density at radius 1 is 0.870 bits per heavy atom. The van der Waals surface area contributed by atoms with Crippen molar-refractivity contribution < 1.29 is 9.31 Å². The molecule has 0 N–H and O–H groups in total. The second kappa shape index (κ2) is 5.81. The molecule has 0 aliphatic carbocycles. The summed E-state index contributed by atoms with van der Waals surface area (Å²) >= 11 is 0. The smallest absolute Gasteiger partial charge is 0.399 e. The van der Waals surface area contributed by atoms with Gasteiger partial charge in [0.25, 0.3) is 0 Å². The van der Waals surface area contributed by atoms with E-state index in [9.17, 15) is 0 Å². The Kier molecular flexibility index (Phi) is 4.11. The topological polar surface area (TPSA) is 18.5 Å². The van der Waals surface area contributed by atoms with Gasteiger partial charge >= 0.3 is 7.12 Å². The third-order valence-corrected chi connectivity index (χ3v) is 5.12. The minimum absolute atomic E-state index is 0.296. The standard InChI is InChI=1S/C20H25BO2/c1-6-15-14-17(21-22-19(2,3)20(4,5)23-21)12-13-18(15)16-10-8-7-9-11-16/h7-14H,6H2,1-5H3. The number of benzene rings is 2. The van der Waals surface area contributed by atoms with Crippen molar-refractivity contribution in [3.8, 4) is 11.1 Å². The van der Waals surface area contributed by atoms with Crippen LogP contribution >= 0.6 is 0 Å². The van der Waals surface area contributed by atoms with Crippen molar-refractivity contribution in [2.45, 2.75) is 52.2 Å². The Morgan fingerprint density at radius 3 is 2.04 bits per heavy atom. The Bertz CT molecular complexity index is 676. The monoisotopic (exact) mass is 308 g/mol. The summed E-state index contributed by atoms with van der Waals surface area (Å²) in [5.74, 6) is 0. The summed E-state index contributed by atoms with van der Waals surface area (Å²) in [4.78, 5) is 0. The highest BCUT2D eigenvalue weighted by molar-refractivity contribution is 6.62. The van der Waals surface area contributed by atoms with Crippen molar-refractivity contribution in [1.82, 2.24) is 0 Å². The first-order valence-corrected chi connectivity index (χ1v) is 8.38. The molecule has 1 saturated heterocycles. The number of hydrogen-bond donors (Lipinski definition) is 0. The van der Waals surface area contributed by atoms with Crippen LogP contribution in [-0.2, 0) is 15.7 Å². The number of aryl methyl sites for hydroxylation is 1. The lowest BCUT2D eigenvalue weighted by atomic mass is 9.77. The van der Waals surface area contributed by atoms with Crippen LogP contribution in [0, 0.1) is 0 Å². The average Bonchev–Trinajstić information content (AvgIpc) is 2.75. The molecule has 0 bridgehead atoms. The lowest BCUT2D eigenvalue weighted by Gasteiger charge is -2.32. The minimum Gasteiger partial charge on any atom is -0.399 e. The van der Waals surface area contributed by atoms with Crippen LogP contribution in [0.4, 0.5) is 0 Å². The summed E-state index contributed by atoms with van der Waals surface area (Å²) < 4.78 is 12.3. The molecule has 0 amide bonds.